The molecule has 0 aliphatic rings. The van der Waals surface area contributed by atoms with Crippen molar-refractivity contribution < 1.29 is 13.7 Å². The number of anilines is 1. The lowest BCUT2D eigenvalue weighted by Gasteiger charge is -2.05. The van der Waals surface area contributed by atoms with E-state index in [0.717, 1.165) is 0 Å². The Morgan fingerprint density at radius 2 is 2.35 bits per heavy atom. The second-order valence-electron chi connectivity index (χ2n) is 2.92. The average Bonchev–Trinajstić information content (AvgIpc) is 2.77. The van der Waals surface area contributed by atoms with Crippen molar-refractivity contribution in [2.24, 2.45) is 0 Å². The maximum absolute atomic E-state index is 13.6. The second kappa shape index (κ2) is 4.96. The average molecular weight is 368 g/mol. The van der Waals surface area contributed by atoms with Gasteiger partial charge < -0.3 is 4.52 Å². The first-order valence-corrected chi connectivity index (χ1v) is 5.77. The molecule has 5 nitrogen and oxygen atoms in total. The first-order chi connectivity index (χ1) is 8.09. The lowest BCUT2D eigenvalue weighted by atomic mass is 10.2. The third-order valence-electron chi connectivity index (χ3n) is 1.83. The van der Waals surface area contributed by atoms with E-state index >= 15 is 0 Å². The Morgan fingerprint density at radius 1 is 1.59 bits per heavy atom. The summed E-state index contributed by atoms with van der Waals surface area (Å²) < 4.78 is 18.7. The standard InChI is InChI=1S/C9H4ClFIN3O2/c10-8-7(11)6(4(12)3-13-8)9(16)15-5-1-2-14-17-5/h1-3H,(H,15,16). The van der Waals surface area contributed by atoms with Gasteiger partial charge in [0.25, 0.3) is 5.91 Å². The van der Waals surface area contributed by atoms with E-state index < -0.39 is 11.7 Å². The molecule has 88 valence electrons. The van der Waals surface area contributed by atoms with Crippen LogP contribution in [0.2, 0.25) is 5.15 Å². The van der Waals surface area contributed by atoms with E-state index in [1.807, 2.05) is 0 Å². The molecular formula is C9H4ClFIN3O2. The smallest absolute Gasteiger partial charge is 0.262 e. The molecule has 0 unspecified atom stereocenters. The molecule has 1 amide bonds. The maximum atomic E-state index is 13.6. The van der Waals surface area contributed by atoms with Crippen LogP contribution in [0.5, 0.6) is 0 Å². The summed E-state index contributed by atoms with van der Waals surface area (Å²) in [5.41, 5.74) is -0.179. The van der Waals surface area contributed by atoms with E-state index in [2.05, 4.69) is 20.0 Å². The monoisotopic (exact) mass is 367 g/mol. The summed E-state index contributed by atoms with van der Waals surface area (Å²) in [5, 5.41) is 5.40. The van der Waals surface area contributed by atoms with Gasteiger partial charge in [0.05, 0.1) is 11.8 Å². The molecule has 2 rings (SSSR count). The number of nitrogens with one attached hydrogen (secondary N) is 1. The van der Waals surface area contributed by atoms with Crippen molar-refractivity contribution in [3.63, 3.8) is 0 Å². The molecule has 2 aromatic heterocycles. The number of aromatic nitrogens is 2. The van der Waals surface area contributed by atoms with Crippen LogP contribution in [-0.2, 0) is 0 Å². The Bertz CT molecular complexity index is 562. The van der Waals surface area contributed by atoms with Crippen molar-refractivity contribution in [2.45, 2.75) is 0 Å². The van der Waals surface area contributed by atoms with Crippen molar-refractivity contribution in [3.8, 4) is 0 Å². The summed E-state index contributed by atoms with van der Waals surface area (Å²) in [6.07, 6.45) is 2.66. The molecule has 0 spiro atoms. The Labute approximate surface area is 113 Å². The molecule has 0 aromatic carbocycles. The van der Waals surface area contributed by atoms with Gasteiger partial charge in [-0.25, -0.2) is 9.37 Å². The van der Waals surface area contributed by atoms with Crippen molar-refractivity contribution in [2.75, 3.05) is 5.32 Å². The van der Waals surface area contributed by atoms with Crippen LogP contribution in [0.25, 0.3) is 0 Å². The molecule has 0 bridgehead atoms. The number of hydrogen-bond donors (Lipinski definition) is 1. The van der Waals surface area contributed by atoms with Gasteiger partial charge in [0.1, 0.15) is 0 Å². The molecule has 2 heterocycles. The lowest BCUT2D eigenvalue weighted by molar-refractivity contribution is 0.101. The van der Waals surface area contributed by atoms with Gasteiger partial charge in [-0.1, -0.05) is 16.8 Å². The van der Waals surface area contributed by atoms with E-state index in [1.165, 1.54) is 18.5 Å². The Balaban J connectivity index is 2.34. The van der Waals surface area contributed by atoms with Crippen LogP contribution >= 0.6 is 34.2 Å². The summed E-state index contributed by atoms with van der Waals surface area (Å²) in [6, 6.07) is 1.44. The molecule has 17 heavy (non-hydrogen) atoms. The minimum atomic E-state index is -0.865. The fourth-order valence-corrected chi connectivity index (χ4v) is 1.87. The molecular weight excluding hydrogens is 363 g/mol. The topological polar surface area (TPSA) is 68.0 Å². The summed E-state index contributed by atoms with van der Waals surface area (Å²) >= 11 is 7.30. The molecule has 0 fully saturated rings. The number of carbonyl (C=O) groups excluding carboxylic acids is 1. The van der Waals surface area contributed by atoms with Gasteiger partial charge in [-0.3, -0.25) is 10.1 Å². The first kappa shape index (κ1) is 12.2. The number of amides is 1. The zero-order chi connectivity index (χ0) is 12.4. The van der Waals surface area contributed by atoms with E-state index in [1.54, 1.807) is 22.6 Å². The minimum absolute atomic E-state index is 0.123. The molecule has 0 aliphatic heterocycles. The molecule has 0 aliphatic carbocycles. The quantitative estimate of drug-likeness (QED) is 0.655. The van der Waals surface area contributed by atoms with Crippen LogP contribution in [0.4, 0.5) is 10.3 Å². The van der Waals surface area contributed by atoms with E-state index in [-0.39, 0.29) is 16.6 Å². The van der Waals surface area contributed by atoms with Crippen molar-refractivity contribution >= 4 is 46.0 Å². The van der Waals surface area contributed by atoms with Gasteiger partial charge in [0.15, 0.2) is 11.0 Å². The van der Waals surface area contributed by atoms with Crippen LogP contribution in [0.15, 0.2) is 23.0 Å². The zero-order valence-corrected chi connectivity index (χ0v) is 11.0. The highest BCUT2D eigenvalue weighted by molar-refractivity contribution is 14.1. The van der Waals surface area contributed by atoms with Crippen LogP contribution in [0.1, 0.15) is 10.4 Å². The maximum Gasteiger partial charge on any atom is 0.262 e. The highest BCUT2D eigenvalue weighted by atomic mass is 127. The van der Waals surface area contributed by atoms with Gasteiger partial charge >= 0.3 is 0 Å². The summed E-state index contributed by atoms with van der Waals surface area (Å²) in [5.74, 6) is -1.42. The predicted octanol–water partition coefficient (Wildman–Crippen LogP) is 2.72. The van der Waals surface area contributed by atoms with Crippen LogP contribution < -0.4 is 5.32 Å². The van der Waals surface area contributed by atoms with Crippen molar-refractivity contribution in [3.05, 3.63) is 38.6 Å². The number of carbonyl (C=O) groups is 1. The molecule has 0 atom stereocenters. The number of nitrogens with zero attached hydrogens (tertiary/aromatic N) is 2. The Kier molecular flexibility index (Phi) is 3.57. The first-order valence-electron chi connectivity index (χ1n) is 4.31. The Hall–Kier alpha value is -1.22. The summed E-state index contributed by atoms with van der Waals surface area (Å²) in [6.45, 7) is 0. The van der Waals surface area contributed by atoms with E-state index in [4.69, 9.17) is 11.6 Å². The SMILES string of the molecule is O=C(Nc1ccno1)c1c(I)cnc(Cl)c1F. The normalized spacial score (nSPS) is 10.3. The molecule has 0 saturated heterocycles. The minimum Gasteiger partial charge on any atom is -0.338 e. The Morgan fingerprint density at radius 3 is 3.00 bits per heavy atom. The molecule has 8 heteroatoms. The largest absolute Gasteiger partial charge is 0.338 e. The molecule has 0 radical (unpaired) electrons. The third kappa shape index (κ3) is 2.55. The summed E-state index contributed by atoms with van der Waals surface area (Å²) in [4.78, 5) is 15.4. The van der Waals surface area contributed by atoms with Crippen LogP contribution in [-0.4, -0.2) is 16.0 Å². The molecule has 1 N–H and O–H groups in total. The highest BCUT2D eigenvalue weighted by Gasteiger charge is 2.20. The predicted molar refractivity (Wildman–Crippen MR) is 66.4 cm³/mol. The number of hydrogen-bond acceptors (Lipinski definition) is 4. The number of halogens is 3. The number of pyridine rings is 1. The van der Waals surface area contributed by atoms with Crippen LogP contribution in [0, 0.1) is 9.39 Å². The lowest BCUT2D eigenvalue weighted by Crippen LogP contribution is -2.15. The van der Waals surface area contributed by atoms with Gasteiger partial charge in [0, 0.05) is 15.8 Å². The van der Waals surface area contributed by atoms with Gasteiger partial charge in [-0.05, 0) is 22.6 Å². The molecule has 0 saturated carbocycles. The van der Waals surface area contributed by atoms with E-state index in [9.17, 15) is 9.18 Å². The van der Waals surface area contributed by atoms with E-state index in [0.29, 0.717) is 3.57 Å². The zero-order valence-electron chi connectivity index (χ0n) is 8.08. The fraction of sp³-hybridized carbons (Fsp3) is 0. The van der Waals surface area contributed by atoms with Crippen molar-refractivity contribution in [1.82, 2.24) is 10.1 Å². The summed E-state index contributed by atoms with van der Waals surface area (Å²) in [7, 11) is 0. The van der Waals surface area contributed by atoms with Gasteiger partial charge in [-0.2, -0.15) is 0 Å². The highest BCUT2D eigenvalue weighted by Crippen LogP contribution is 2.21. The fourth-order valence-electron chi connectivity index (χ4n) is 1.11. The third-order valence-corrected chi connectivity index (χ3v) is 2.91. The van der Waals surface area contributed by atoms with Crippen LogP contribution in [0.3, 0.4) is 0 Å². The number of rotatable bonds is 2. The second-order valence-corrected chi connectivity index (χ2v) is 4.44. The van der Waals surface area contributed by atoms with Gasteiger partial charge in [-0.15, -0.1) is 0 Å². The van der Waals surface area contributed by atoms with Crippen molar-refractivity contribution in [1.29, 1.82) is 0 Å². The molecule has 2 aromatic rings. The van der Waals surface area contributed by atoms with Gasteiger partial charge in [0.2, 0.25) is 5.88 Å².